The van der Waals surface area contributed by atoms with Crippen LogP contribution < -0.4 is 10.6 Å². The first-order chi connectivity index (χ1) is 22.4. The summed E-state index contributed by atoms with van der Waals surface area (Å²) in [4.78, 5) is 64.8. The Morgan fingerprint density at radius 1 is 0.894 bits per heavy atom. The zero-order valence-electron chi connectivity index (χ0n) is 27.7. The van der Waals surface area contributed by atoms with E-state index in [2.05, 4.69) is 20.6 Å². The van der Waals surface area contributed by atoms with Crippen molar-refractivity contribution in [2.75, 3.05) is 38.1 Å². The van der Waals surface area contributed by atoms with Gasteiger partial charge in [-0.1, -0.05) is 60.7 Å². The van der Waals surface area contributed by atoms with Crippen LogP contribution in [0, 0.1) is 0 Å². The summed E-state index contributed by atoms with van der Waals surface area (Å²) >= 11 is 0. The molecule has 250 valence electrons. The van der Waals surface area contributed by atoms with E-state index in [0.717, 1.165) is 11.1 Å². The van der Waals surface area contributed by atoms with E-state index in [9.17, 15) is 19.2 Å². The van der Waals surface area contributed by atoms with Gasteiger partial charge in [-0.3, -0.25) is 14.4 Å². The number of amides is 3. The second-order valence-corrected chi connectivity index (χ2v) is 12.3. The number of rotatable bonds is 11. The number of aromatic nitrogens is 2. The lowest BCUT2D eigenvalue weighted by atomic mass is 10.1. The Morgan fingerprint density at radius 3 is 2.13 bits per heavy atom. The third-order valence-corrected chi connectivity index (χ3v) is 7.43. The van der Waals surface area contributed by atoms with Crippen molar-refractivity contribution < 1.29 is 28.7 Å². The molecule has 1 saturated heterocycles. The monoisotopic (exact) mass is 644 g/mol. The molecule has 0 radical (unpaired) electrons. The van der Waals surface area contributed by atoms with Gasteiger partial charge in [-0.05, 0) is 46.6 Å². The van der Waals surface area contributed by atoms with Crippen molar-refractivity contribution in [3.63, 3.8) is 0 Å². The van der Waals surface area contributed by atoms with E-state index in [0.29, 0.717) is 11.6 Å². The first kappa shape index (κ1) is 34.9. The Hall–Kier alpha value is -5.00. The van der Waals surface area contributed by atoms with E-state index in [4.69, 9.17) is 9.47 Å². The number of benzene rings is 2. The Balaban J connectivity index is 1.57. The highest BCUT2D eigenvalue weighted by molar-refractivity contribution is 5.97. The largest absolute Gasteiger partial charge is 0.460 e. The van der Waals surface area contributed by atoms with Crippen LogP contribution in [0.4, 0.5) is 10.6 Å². The molecule has 0 saturated carbocycles. The molecule has 2 aromatic carbocycles. The highest BCUT2D eigenvalue weighted by atomic mass is 16.6. The number of anilines is 1. The van der Waals surface area contributed by atoms with E-state index in [-0.39, 0.29) is 63.3 Å². The lowest BCUT2D eigenvalue weighted by Crippen LogP contribution is -2.56. The zero-order valence-corrected chi connectivity index (χ0v) is 27.7. The maximum absolute atomic E-state index is 13.8. The fraction of sp³-hybridized carbons (Fsp3) is 0.429. The number of nitrogens with one attached hydrogen (secondary N) is 2. The van der Waals surface area contributed by atoms with Crippen LogP contribution in [0.1, 0.15) is 69.6 Å². The van der Waals surface area contributed by atoms with Crippen molar-refractivity contribution in [2.45, 2.75) is 65.1 Å². The first-order valence-electron chi connectivity index (χ1n) is 15.9. The molecule has 47 heavy (non-hydrogen) atoms. The lowest BCUT2D eigenvalue weighted by molar-refractivity contribution is -0.155. The summed E-state index contributed by atoms with van der Waals surface area (Å²) in [5.74, 6) is -0.655. The van der Waals surface area contributed by atoms with Gasteiger partial charge in [0.25, 0.3) is 5.91 Å². The van der Waals surface area contributed by atoms with Gasteiger partial charge in [-0.15, -0.1) is 0 Å². The normalized spacial score (nSPS) is 14.5. The van der Waals surface area contributed by atoms with Crippen molar-refractivity contribution in [3.05, 3.63) is 78.0 Å². The maximum Gasteiger partial charge on any atom is 0.409 e. The molecule has 1 aromatic heterocycles. The second-order valence-electron chi connectivity index (χ2n) is 12.3. The third kappa shape index (κ3) is 10.2. The van der Waals surface area contributed by atoms with Crippen LogP contribution in [-0.4, -0.2) is 88.1 Å². The summed E-state index contributed by atoms with van der Waals surface area (Å²) in [6.45, 7) is 10.4. The number of esters is 1. The summed E-state index contributed by atoms with van der Waals surface area (Å²) in [6, 6.07) is 19.5. The second kappa shape index (κ2) is 16.0. The average Bonchev–Trinajstić information content (AvgIpc) is 3.06. The minimum atomic E-state index is -1.04. The molecule has 1 aliphatic heterocycles. The minimum absolute atomic E-state index is 0.0182. The highest BCUT2D eigenvalue weighted by Crippen LogP contribution is 2.22. The van der Waals surface area contributed by atoms with Gasteiger partial charge in [0.05, 0.1) is 6.61 Å². The van der Waals surface area contributed by atoms with Crippen molar-refractivity contribution in [1.29, 1.82) is 0 Å². The number of hydrogen-bond acceptors (Lipinski definition) is 9. The predicted octanol–water partition coefficient (Wildman–Crippen LogP) is 4.84. The van der Waals surface area contributed by atoms with Gasteiger partial charge in [-0.25, -0.2) is 14.8 Å². The average molecular weight is 645 g/mol. The molecule has 2 atom stereocenters. The molecule has 12 heteroatoms. The van der Waals surface area contributed by atoms with Crippen LogP contribution in [0.25, 0.3) is 11.4 Å². The topological polar surface area (TPSA) is 143 Å². The van der Waals surface area contributed by atoms with Crippen molar-refractivity contribution >= 4 is 29.7 Å². The number of nitrogens with zero attached hydrogens (tertiary/aromatic N) is 4. The Bertz CT molecular complexity index is 1520. The minimum Gasteiger partial charge on any atom is -0.460 e. The number of ether oxygens (including phenoxy) is 2. The van der Waals surface area contributed by atoms with Crippen molar-refractivity contribution in [1.82, 2.24) is 25.1 Å². The lowest BCUT2D eigenvalue weighted by Gasteiger charge is -2.36. The molecule has 0 aliphatic carbocycles. The SMILES string of the molecule is CCOC(=O)N1CCN(C(=O)[C@H](CCC(=O)OC(C)(C)C)NC(=O)c2cc(N[C@@H](C)c3ccccc3)nc(-c3ccccc3)n2)CC1. The van der Waals surface area contributed by atoms with E-state index < -0.39 is 29.6 Å². The predicted molar refractivity (Wildman–Crippen MR) is 177 cm³/mol. The van der Waals surface area contributed by atoms with Crippen LogP contribution >= 0.6 is 0 Å². The van der Waals surface area contributed by atoms with E-state index in [1.807, 2.05) is 67.6 Å². The molecule has 2 heterocycles. The Morgan fingerprint density at radius 2 is 1.51 bits per heavy atom. The molecule has 0 bridgehead atoms. The van der Waals surface area contributed by atoms with Crippen LogP contribution in [-0.2, 0) is 19.1 Å². The molecule has 3 aromatic rings. The fourth-order valence-electron chi connectivity index (χ4n) is 5.09. The fourth-order valence-corrected chi connectivity index (χ4v) is 5.09. The van der Waals surface area contributed by atoms with Crippen molar-refractivity contribution in [2.24, 2.45) is 0 Å². The molecule has 4 rings (SSSR count). The molecule has 0 spiro atoms. The van der Waals surface area contributed by atoms with Crippen molar-refractivity contribution in [3.8, 4) is 11.4 Å². The number of carbonyl (C=O) groups is 4. The van der Waals surface area contributed by atoms with Crippen LogP contribution in [0.15, 0.2) is 66.7 Å². The molecule has 0 unspecified atom stereocenters. The van der Waals surface area contributed by atoms with Crippen LogP contribution in [0.3, 0.4) is 0 Å². The van der Waals surface area contributed by atoms with Gasteiger partial charge in [0, 0.05) is 50.3 Å². The smallest absolute Gasteiger partial charge is 0.409 e. The molecular weight excluding hydrogens is 600 g/mol. The molecule has 2 N–H and O–H groups in total. The van der Waals surface area contributed by atoms with Gasteiger partial charge >= 0.3 is 12.1 Å². The molecule has 1 aliphatic rings. The Labute approximate surface area is 275 Å². The van der Waals surface area contributed by atoms with E-state index in [1.54, 1.807) is 43.6 Å². The first-order valence-corrected chi connectivity index (χ1v) is 15.9. The summed E-state index contributed by atoms with van der Waals surface area (Å²) in [5, 5.41) is 6.20. The number of hydrogen-bond donors (Lipinski definition) is 2. The summed E-state index contributed by atoms with van der Waals surface area (Å²) < 4.78 is 10.5. The molecule has 12 nitrogen and oxygen atoms in total. The molecule has 3 amide bonds. The molecule has 1 fully saturated rings. The summed E-state index contributed by atoms with van der Waals surface area (Å²) in [7, 11) is 0. The van der Waals surface area contributed by atoms with E-state index >= 15 is 0 Å². The molecular formula is C35H44N6O6. The third-order valence-electron chi connectivity index (χ3n) is 7.43. The maximum atomic E-state index is 13.8. The zero-order chi connectivity index (χ0) is 34.0. The van der Waals surface area contributed by atoms with Gasteiger partial charge in [0.2, 0.25) is 5.91 Å². The van der Waals surface area contributed by atoms with Gasteiger partial charge < -0.3 is 29.9 Å². The quantitative estimate of drug-likeness (QED) is 0.281. The highest BCUT2D eigenvalue weighted by Gasteiger charge is 2.32. The van der Waals surface area contributed by atoms with Gasteiger partial charge in [-0.2, -0.15) is 0 Å². The number of carbonyl (C=O) groups excluding carboxylic acids is 4. The van der Waals surface area contributed by atoms with Crippen LogP contribution in [0.5, 0.6) is 0 Å². The van der Waals surface area contributed by atoms with Crippen LogP contribution in [0.2, 0.25) is 0 Å². The van der Waals surface area contributed by atoms with Gasteiger partial charge in [0.15, 0.2) is 5.82 Å². The summed E-state index contributed by atoms with van der Waals surface area (Å²) in [6.07, 6.45) is -0.500. The van der Waals surface area contributed by atoms with E-state index in [1.165, 1.54) is 0 Å². The van der Waals surface area contributed by atoms with Gasteiger partial charge in [0.1, 0.15) is 23.2 Å². The Kier molecular flexibility index (Phi) is 11.9. The standard InChI is InChI=1S/C35H44N6O6/c1-6-46-34(45)41-21-19-40(20-22-41)33(44)27(17-18-30(42)47-35(3,4)5)38-32(43)28-23-29(36-24(2)25-13-9-7-10-14-25)39-31(37-28)26-15-11-8-12-16-26/h7-16,23-24,27H,6,17-22H2,1-5H3,(H,38,43)(H,36,37,39)/t24-,27-/m0/s1. The number of piperazine rings is 1. The summed E-state index contributed by atoms with van der Waals surface area (Å²) in [5.41, 5.74) is 1.12.